The van der Waals surface area contributed by atoms with E-state index in [1.165, 1.54) is 25.1 Å². The van der Waals surface area contributed by atoms with Crippen molar-refractivity contribution in [2.24, 2.45) is 0 Å². The molecule has 50 valence electrons. The van der Waals surface area contributed by atoms with Crippen LogP contribution in [-0.2, 0) is 0 Å². The summed E-state index contributed by atoms with van der Waals surface area (Å²) in [4.78, 5) is 0. The molecule has 0 bridgehead atoms. The van der Waals surface area contributed by atoms with E-state index < -0.39 is 0 Å². The van der Waals surface area contributed by atoms with Gasteiger partial charge < -0.3 is 0 Å². The van der Waals surface area contributed by atoms with Crippen molar-refractivity contribution in [3.63, 3.8) is 0 Å². The molecule has 0 aromatic rings. The molecular weight excluding hydrogens is 110 g/mol. The van der Waals surface area contributed by atoms with E-state index in [-0.39, 0.29) is 0 Å². The Kier molecular flexibility index (Phi) is 2.04. The molecule has 1 nitrogen and oxygen atoms in total. The summed E-state index contributed by atoms with van der Waals surface area (Å²) in [6.07, 6.45) is 4.59. The maximum Gasteiger partial charge on any atom is 0.161 e. The average molecular weight is 124 g/mol. The third kappa shape index (κ3) is 1.41. The van der Waals surface area contributed by atoms with Gasteiger partial charge in [0.25, 0.3) is 0 Å². The van der Waals surface area contributed by atoms with Crippen LogP contribution in [0.25, 0.3) is 0 Å². The van der Waals surface area contributed by atoms with Crippen LogP contribution in [0.2, 0.25) is 0 Å². The minimum Gasteiger partial charge on any atom is -0.234 e. The molecule has 0 radical (unpaired) electrons. The summed E-state index contributed by atoms with van der Waals surface area (Å²) in [5.41, 5.74) is 1.52. The maximum atomic E-state index is 3.70. The van der Waals surface area contributed by atoms with Gasteiger partial charge in [-0.1, -0.05) is 6.58 Å². The molecule has 1 aliphatic heterocycles. The Bertz CT molecular complexity index is 145. The highest BCUT2D eigenvalue weighted by atomic mass is 15.0. The van der Waals surface area contributed by atoms with E-state index in [0.717, 1.165) is 6.54 Å². The van der Waals surface area contributed by atoms with E-state index in [0.29, 0.717) is 0 Å². The lowest BCUT2D eigenvalue weighted by Gasteiger charge is -1.91. The van der Waals surface area contributed by atoms with Crippen molar-refractivity contribution in [3.8, 4) is 0 Å². The van der Waals surface area contributed by atoms with Crippen LogP contribution in [0.5, 0.6) is 0 Å². The highest BCUT2D eigenvalue weighted by Crippen LogP contribution is 2.02. The first-order valence-corrected chi connectivity index (χ1v) is 3.53. The third-order valence-corrected chi connectivity index (χ3v) is 1.86. The lowest BCUT2D eigenvalue weighted by molar-refractivity contribution is -0.509. The van der Waals surface area contributed by atoms with Crippen LogP contribution in [0.1, 0.15) is 19.8 Å². The van der Waals surface area contributed by atoms with Crippen LogP contribution in [0.4, 0.5) is 0 Å². The second-order valence-corrected chi connectivity index (χ2v) is 2.57. The number of hydrogen-bond donors (Lipinski definition) is 0. The maximum absolute atomic E-state index is 3.70. The molecule has 0 saturated heterocycles. The molecule has 0 unspecified atom stereocenters. The molecule has 0 atom stereocenters. The van der Waals surface area contributed by atoms with Crippen LogP contribution in [-0.4, -0.2) is 23.4 Å². The van der Waals surface area contributed by atoms with Gasteiger partial charge in [-0.3, -0.25) is 0 Å². The van der Waals surface area contributed by atoms with Gasteiger partial charge in [-0.25, -0.2) is 4.58 Å². The monoisotopic (exact) mass is 124 g/mol. The van der Waals surface area contributed by atoms with E-state index in [4.69, 9.17) is 0 Å². The average Bonchev–Trinajstić information content (AvgIpc) is 2.18. The van der Waals surface area contributed by atoms with Crippen molar-refractivity contribution >= 4 is 5.71 Å². The van der Waals surface area contributed by atoms with Crippen LogP contribution in [0.3, 0.4) is 0 Å². The summed E-state index contributed by atoms with van der Waals surface area (Å²) in [6.45, 7) is 8.18. The zero-order valence-corrected chi connectivity index (χ0v) is 6.06. The predicted octanol–water partition coefficient (Wildman–Crippen LogP) is 1.44. The zero-order chi connectivity index (χ0) is 6.69. The number of hydrogen-bond acceptors (Lipinski definition) is 0. The SMILES string of the molecule is C=CC[N+]1=C(C)CCC1. The molecule has 1 heterocycles. The number of nitrogens with zero attached hydrogens (tertiary/aromatic N) is 1. The molecule has 1 aliphatic rings. The fourth-order valence-electron chi connectivity index (χ4n) is 1.28. The second-order valence-electron chi connectivity index (χ2n) is 2.57. The Morgan fingerprint density at radius 2 is 2.56 bits per heavy atom. The van der Waals surface area contributed by atoms with Crippen molar-refractivity contribution in [2.45, 2.75) is 19.8 Å². The molecule has 0 aliphatic carbocycles. The largest absolute Gasteiger partial charge is 0.234 e. The topological polar surface area (TPSA) is 3.01 Å². The molecule has 0 spiro atoms. The summed E-state index contributed by atoms with van der Waals surface area (Å²) in [7, 11) is 0. The molecule has 0 N–H and O–H groups in total. The summed E-state index contributed by atoms with van der Waals surface area (Å²) >= 11 is 0. The smallest absolute Gasteiger partial charge is 0.161 e. The van der Waals surface area contributed by atoms with Crippen LogP contribution < -0.4 is 0 Å². The molecule has 0 saturated carbocycles. The van der Waals surface area contributed by atoms with Crippen molar-refractivity contribution in [1.82, 2.24) is 0 Å². The first-order valence-electron chi connectivity index (χ1n) is 3.53. The van der Waals surface area contributed by atoms with Crippen molar-refractivity contribution in [1.29, 1.82) is 0 Å². The van der Waals surface area contributed by atoms with Gasteiger partial charge in [-0.2, -0.15) is 0 Å². The summed E-state index contributed by atoms with van der Waals surface area (Å²) in [6, 6.07) is 0. The lowest BCUT2D eigenvalue weighted by atomic mass is 10.3. The molecule has 9 heavy (non-hydrogen) atoms. The van der Waals surface area contributed by atoms with Crippen molar-refractivity contribution in [2.75, 3.05) is 13.1 Å². The fraction of sp³-hybridized carbons (Fsp3) is 0.625. The van der Waals surface area contributed by atoms with Crippen LogP contribution >= 0.6 is 0 Å². The highest BCUT2D eigenvalue weighted by Gasteiger charge is 2.15. The Balaban J connectivity index is 2.54. The van der Waals surface area contributed by atoms with Gasteiger partial charge in [0, 0.05) is 19.8 Å². The predicted molar refractivity (Wildman–Crippen MR) is 40.1 cm³/mol. The molecule has 1 rings (SSSR count). The second kappa shape index (κ2) is 2.81. The normalized spacial score (nSPS) is 18.8. The minimum absolute atomic E-state index is 1.03. The van der Waals surface area contributed by atoms with Gasteiger partial charge >= 0.3 is 0 Å². The summed E-state index contributed by atoms with van der Waals surface area (Å²) in [5, 5.41) is 0. The van der Waals surface area contributed by atoms with Crippen LogP contribution in [0.15, 0.2) is 12.7 Å². The Morgan fingerprint density at radius 1 is 1.78 bits per heavy atom. The standard InChI is InChI=1S/C8H14N/c1-3-6-9-7-4-5-8(9)2/h3H,1,4-7H2,2H3/q+1. The molecule has 0 aromatic heterocycles. The Hall–Kier alpha value is -0.590. The van der Waals surface area contributed by atoms with Gasteiger partial charge in [0.05, 0.1) is 0 Å². The fourth-order valence-corrected chi connectivity index (χ4v) is 1.28. The van der Waals surface area contributed by atoms with E-state index in [9.17, 15) is 0 Å². The molecule has 0 amide bonds. The first kappa shape index (κ1) is 6.53. The van der Waals surface area contributed by atoms with Gasteiger partial charge in [0.2, 0.25) is 0 Å². The minimum atomic E-state index is 1.03. The Morgan fingerprint density at radius 3 is 3.00 bits per heavy atom. The quantitative estimate of drug-likeness (QED) is 0.387. The van der Waals surface area contributed by atoms with Crippen molar-refractivity contribution < 1.29 is 4.58 Å². The lowest BCUT2D eigenvalue weighted by Crippen LogP contribution is -2.12. The third-order valence-electron chi connectivity index (χ3n) is 1.86. The van der Waals surface area contributed by atoms with Gasteiger partial charge in [0.15, 0.2) is 6.54 Å². The van der Waals surface area contributed by atoms with Gasteiger partial charge in [-0.05, 0) is 6.08 Å². The van der Waals surface area contributed by atoms with E-state index in [1.54, 1.807) is 0 Å². The Labute approximate surface area is 56.7 Å². The highest BCUT2D eigenvalue weighted by molar-refractivity contribution is 5.77. The van der Waals surface area contributed by atoms with E-state index >= 15 is 0 Å². The van der Waals surface area contributed by atoms with E-state index in [1.807, 2.05) is 6.08 Å². The van der Waals surface area contributed by atoms with Gasteiger partial charge in [0.1, 0.15) is 12.3 Å². The van der Waals surface area contributed by atoms with Crippen molar-refractivity contribution in [3.05, 3.63) is 12.7 Å². The molecular formula is C8H14N+. The summed E-state index contributed by atoms with van der Waals surface area (Å²) < 4.78 is 2.38. The van der Waals surface area contributed by atoms with E-state index in [2.05, 4.69) is 18.1 Å². The first-order chi connectivity index (χ1) is 4.34. The molecule has 1 heteroatoms. The molecule has 0 aromatic carbocycles. The van der Waals surface area contributed by atoms with Crippen LogP contribution in [0, 0.1) is 0 Å². The number of rotatable bonds is 2. The molecule has 0 fully saturated rings. The van der Waals surface area contributed by atoms with Gasteiger partial charge in [-0.15, -0.1) is 0 Å². The zero-order valence-electron chi connectivity index (χ0n) is 6.06. The summed E-state index contributed by atoms with van der Waals surface area (Å²) in [5.74, 6) is 0.